The zero-order valence-corrected chi connectivity index (χ0v) is 16.0. The molecule has 0 atom stereocenters. The predicted molar refractivity (Wildman–Crippen MR) is 109 cm³/mol. The van der Waals surface area contributed by atoms with E-state index in [0.717, 1.165) is 0 Å². The zero-order chi connectivity index (χ0) is 21.6. The number of rotatable bonds is 6. The second kappa shape index (κ2) is 8.57. The van der Waals surface area contributed by atoms with E-state index in [1.807, 2.05) is 0 Å². The van der Waals surface area contributed by atoms with Gasteiger partial charge in [-0.25, -0.2) is 13.2 Å². The molecule has 0 bridgehead atoms. The Hall–Kier alpha value is -3.65. The van der Waals surface area contributed by atoms with Gasteiger partial charge in [-0.15, -0.1) is 0 Å². The van der Waals surface area contributed by atoms with E-state index in [2.05, 4.69) is 14.8 Å². The second-order valence-corrected chi connectivity index (χ2v) is 7.58. The fourth-order valence-corrected chi connectivity index (χ4v) is 3.71. The number of hydrogen-bond donors (Lipinski definition) is 2. The van der Waals surface area contributed by atoms with Gasteiger partial charge in [0.05, 0.1) is 35.9 Å². The van der Waals surface area contributed by atoms with Gasteiger partial charge in [-0.05, 0) is 36.4 Å². The number of benzene rings is 3. The van der Waals surface area contributed by atoms with Crippen molar-refractivity contribution >= 4 is 33.3 Å². The number of carbonyl (C=O) groups excluding carboxylic acids is 2. The number of hydrogen-bond acceptors (Lipinski definition) is 5. The largest absolute Gasteiger partial charge is 0.465 e. The van der Waals surface area contributed by atoms with Crippen LogP contribution < -0.4 is 10.0 Å². The lowest BCUT2D eigenvalue weighted by atomic mass is 10.1. The van der Waals surface area contributed by atoms with E-state index in [9.17, 15) is 18.0 Å². The van der Waals surface area contributed by atoms with Gasteiger partial charge < -0.3 is 10.1 Å². The molecule has 0 aliphatic heterocycles. The van der Waals surface area contributed by atoms with Crippen LogP contribution in [-0.4, -0.2) is 27.4 Å². The van der Waals surface area contributed by atoms with E-state index in [1.165, 1.54) is 36.4 Å². The van der Waals surface area contributed by atoms with Crippen molar-refractivity contribution in [1.82, 2.24) is 0 Å². The van der Waals surface area contributed by atoms with Crippen LogP contribution in [0.2, 0.25) is 0 Å². The second-order valence-electron chi connectivity index (χ2n) is 5.90. The van der Waals surface area contributed by atoms with Crippen molar-refractivity contribution in [1.29, 1.82) is 0 Å². The van der Waals surface area contributed by atoms with Gasteiger partial charge >= 0.3 is 5.97 Å². The van der Waals surface area contributed by atoms with Crippen LogP contribution in [0.15, 0.2) is 83.8 Å². The first-order chi connectivity index (χ1) is 14.4. The molecule has 1 amide bonds. The molecule has 0 radical (unpaired) electrons. The fourth-order valence-electron chi connectivity index (χ4n) is 2.61. The van der Waals surface area contributed by atoms with Crippen LogP contribution in [0.1, 0.15) is 22.1 Å². The number of methoxy groups -OCH3 is 1. The van der Waals surface area contributed by atoms with Crippen molar-refractivity contribution < 1.29 is 24.1 Å². The Morgan fingerprint density at radius 3 is 2.10 bits per heavy atom. The SMILES string of the molecule is [2H]COC(=O)c1ccccc1NC(=O)c1ccccc1NS(=O)(=O)c1ccccc1. The minimum atomic E-state index is -3.90. The van der Waals surface area contributed by atoms with Crippen LogP contribution in [0.3, 0.4) is 0 Å². The van der Waals surface area contributed by atoms with Crippen LogP contribution >= 0.6 is 0 Å². The van der Waals surface area contributed by atoms with Crippen LogP contribution in [-0.2, 0) is 14.8 Å². The molecule has 0 heterocycles. The van der Waals surface area contributed by atoms with E-state index >= 15 is 0 Å². The number of para-hydroxylation sites is 2. The van der Waals surface area contributed by atoms with Crippen LogP contribution in [0.25, 0.3) is 0 Å². The molecule has 0 aliphatic carbocycles. The lowest BCUT2D eigenvalue weighted by Gasteiger charge is -2.14. The Morgan fingerprint density at radius 1 is 0.828 bits per heavy atom. The van der Waals surface area contributed by atoms with Gasteiger partial charge in [0.15, 0.2) is 0 Å². The summed E-state index contributed by atoms with van der Waals surface area (Å²) < 4.78 is 39.4. The van der Waals surface area contributed by atoms with Crippen molar-refractivity contribution in [3.05, 3.63) is 90.0 Å². The quantitative estimate of drug-likeness (QED) is 0.604. The molecular formula is C21H18N2O5S. The average Bonchev–Trinajstić information content (AvgIpc) is 2.75. The zero-order valence-electron chi connectivity index (χ0n) is 16.2. The molecule has 0 aromatic heterocycles. The van der Waals surface area contributed by atoms with Gasteiger partial charge in [0, 0.05) is 0 Å². The molecule has 0 fully saturated rings. The van der Waals surface area contributed by atoms with E-state index in [-0.39, 0.29) is 27.4 Å². The molecule has 2 N–H and O–H groups in total. The van der Waals surface area contributed by atoms with E-state index in [1.54, 1.807) is 42.5 Å². The summed E-state index contributed by atoms with van der Waals surface area (Å²) in [7, 11) is -4.45. The van der Waals surface area contributed by atoms with Crippen molar-refractivity contribution in [3.63, 3.8) is 0 Å². The van der Waals surface area contributed by atoms with E-state index in [0.29, 0.717) is 0 Å². The molecule has 0 spiro atoms. The Bertz CT molecular complexity index is 1170. The van der Waals surface area contributed by atoms with Gasteiger partial charge in [0.1, 0.15) is 0 Å². The molecule has 8 heteroatoms. The van der Waals surface area contributed by atoms with Crippen molar-refractivity contribution in [3.8, 4) is 0 Å². The lowest BCUT2D eigenvalue weighted by Crippen LogP contribution is -2.19. The van der Waals surface area contributed by atoms with Crippen LogP contribution in [0.5, 0.6) is 0 Å². The van der Waals surface area contributed by atoms with Gasteiger partial charge in [0.2, 0.25) is 0 Å². The molecule has 3 aromatic carbocycles. The summed E-state index contributed by atoms with van der Waals surface area (Å²) in [5.74, 6) is -1.37. The summed E-state index contributed by atoms with van der Waals surface area (Å²) in [6, 6.07) is 20.1. The highest BCUT2D eigenvalue weighted by Gasteiger charge is 2.20. The number of amides is 1. The number of esters is 1. The maximum Gasteiger partial charge on any atom is 0.339 e. The minimum absolute atomic E-state index is 0.0590. The normalized spacial score (nSPS) is 11.2. The van der Waals surface area contributed by atoms with Crippen molar-refractivity contribution in [2.75, 3.05) is 17.1 Å². The first kappa shape index (κ1) is 18.7. The summed E-state index contributed by atoms with van der Waals surface area (Å²) >= 11 is 0. The van der Waals surface area contributed by atoms with Gasteiger partial charge in [-0.2, -0.15) is 0 Å². The maximum absolute atomic E-state index is 12.9. The molecule has 0 saturated heterocycles. The first-order valence-corrected chi connectivity index (χ1v) is 9.94. The molecule has 29 heavy (non-hydrogen) atoms. The third-order valence-electron chi connectivity index (χ3n) is 4.00. The number of carbonyl (C=O) groups is 2. The molecule has 7 nitrogen and oxygen atoms in total. The molecule has 3 aromatic rings. The van der Waals surface area contributed by atoms with Gasteiger partial charge in [-0.3, -0.25) is 9.52 Å². The standard InChI is InChI=1S/C21H18N2O5S/c1-28-21(25)17-12-6-7-13-18(17)22-20(24)16-11-5-8-14-19(16)23-29(26,27)15-9-3-2-4-10-15/h2-14,23H,1H3,(H,22,24)/i1D. The van der Waals surface area contributed by atoms with E-state index < -0.39 is 29.0 Å². The third kappa shape index (κ3) is 4.61. The molecule has 0 saturated carbocycles. The number of sulfonamides is 1. The number of anilines is 2. The molecule has 3 rings (SSSR count). The summed E-state index contributed by atoms with van der Waals surface area (Å²) in [6.45, 7) is 0. The highest BCUT2D eigenvalue weighted by atomic mass is 32.2. The monoisotopic (exact) mass is 411 g/mol. The Labute approximate surface area is 169 Å². The molecule has 0 unspecified atom stereocenters. The Kier molecular flexibility index (Phi) is 5.53. The van der Waals surface area contributed by atoms with Gasteiger partial charge in [0.25, 0.3) is 15.9 Å². The molecule has 0 aliphatic rings. The summed E-state index contributed by atoms with van der Waals surface area (Å²) in [4.78, 5) is 24.9. The number of ether oxygens (including phenoxy) is 1. The van der Waals surface area contributed by atoms with Crippen LogP contribution in [0, 0.1) is 0 Å². The average molecular weight is 411 g/mol. The van der Waals surface area contributed by atoms with Gasteiger partial charge in [-0.1, -0.05) is 42.5 Å². The molecular weight excluding hydrogens is 392 g/mol. The maximum atomic E-state index is 12.9. The smallest absolute Gasteiger partial charge is 0.339 e. The first-order valence-electron chi connectivity index (χ1n) is 9.17. The lowest BCUT2D eigenvalue weighted by molar-refractivity contribution is 0.0602. The topological polar surface area (TPSA) is 102 Å². The highest BCUT2D eigenvalue weighted by molar-refractivity contribution is 7.92. The Balaban J connectivity index is 1.88. The summed E-state index contributed by atoms with van der Waals surface area (Å²) in [6.07, 6.45) is 0. The van der Waals surface area contributed by atoms with Crippen LogP contribution in [0.4, 0.5) is 11.4 Å². The third-order valence-corrected chi connectivity index (χ3v) is 5.38. The van der Waals surface area contributed by atoms with Crippen molar-refractivity contribution in [2.24, 2.45) is 0 Å². The van der Waals surface area contributed by atoms with E-state index in [4.69, 9.17) is 1.37 Å². The fraction of sp³-hybridized carbons (Fsp3) is 0.0476. The summed E-state index contributed by atoms with van der Waals surface area (Å²) in [5, 5.41) is 2.60. The molecule has 148 valence electrons. The predicted octanol–water partition coefficient (Wildman–Crippen LogP) is 3.53. The number of nitrogens with one attached hydrogen (secondary N) is 2. The highest BCUT2D eigenvalue weighted by Crippen LogP contribution is 2.23. The Morgan fingerprint density at radius 2 is 1.41 bits per heavy atom. The minimum Gasteiger partial charge on any atom is -0.465 e. The van der Waals surface area contributed by atoms with Crippen molar-refractivity contribution in [2.45, 2.75) is 4.90 Å². The summed E-state index contributed by atoms with van der Waals surface area (Å²) in [5.41, 5.74) is 0.424.